The molecule has 1 rings (SSSR count). The van der Waals surface area contributed by atoms with Crippen LogP contribution in [0.5, 0.6) is 6.01 Å². The standard InChI is InChI=1S/C7H9N2O3/c10-4-6(11)5-12-7-8-2-1-3-9-7/h2-3,6,10-11H,4-5H2/t6-/m1/s1. The van der Waals surface area contributed by atoms with Crippen molar-refractivity contribution in [2.24, 2.45) is 0 Å². The first-order valence-electron chi connectivity index (χ1n) is 3.42. The second-order valence-electron chi connectivity index (χ2n) is 2.11. The van der Waals surface area contributed by atoms with Crippen LogP contribution in [0.1, 0.15) is 0 Å². The van der Waals surface area contributed by atoms with Gasteiger partial charge < -0.3 is 14.9 Å². The van der Waals surface area contributed by atoms with E-state index in [1.54, 1.807) is 0 Å². The Kier molecular flexibility index (Phi) is 3.43. The summed E-state index contributed by atoms with van der Waals surface area (Å²) in [4.78, 5) is 7.41. The molecular weight excluding hydrogens is 160 g/mol. The molecule has 1 radical (unpaired) electrons. The Balaban J connectivity index is 2.33. The molecule has 12 heavy (non-hydrogen) atoms. The van der Waals surface area contributed by atoms with E-state index in [9.17, 15) is 0 Å². The van der Waals surface area contributed by atoms with Gasteiger partial charge >= 0.3 is 6.01 Å². The average molecular weight is 169 g/mol. The van der Waals surface area contributed by atoms with Crippen molar-refractivity contribution in [1.29, 1.82) is 0 Å². The fourth-order valence-electron chi connectivity index (χ4n) is 0.550. The minimum atomic E-state index is -0.891. The van der Waals surface area contributed by atoms with E-state index in [-0.39, 0.29) is 19.2 Å². The summed E-state index contributed by atoms with van der Waals surface area (Å²) in [5.41, 5.74) is 0. The smallest absolute Gasteiger partial charge is 0.316 e. The highest BCUT2D eigenvalue weighted by atomic mass is 16.5. The molecule has 0 aromatic carbocycles. The van der Waals surface area contributed by atoms with Crippen LogP contribution < -0.4 is 4.74 Å². The molecule has 2 N–H and O–H groups in total. The Morgan fingerprint density at radius 1 is 1.50 bits per heavy atom. The molecule has 0 spiro atoms. The highest BCUT2D eigenvalue weighted by molar-refractivity contribution is 4.91. The van der Waals surface area contributed by atoms with Crippen molar-refractivity contribution >= 4 is 0 Å². The van der Waals surface area contributed by atoms with Gasteiger partial charge in [-0.1, -0.05) is 0 Å². The van der Waals surface area contributed by atoms with Crippen molar-refractivity contribution in [2.45, 2.75) is 6.10 Å². The van der Waals surface area contributed by atoms with Crippen LogP contribution in [0.2, 0.25) is 0 Å². The van der Waals surface area contributed by atoms with E-state index in [1.807, 2.05) is 0 Å². The zero-order valence-corrected chi connectivity index (χ0v) is 6.34. The molecule has 0 fully saturated rings. The van der Waals surface area contributed by atoms with Crippen molar-refractivity contribution in [2.75, 3.05) is 13.2 Å². The largest absolute Gasteiger partial charge is 0.461 e. The minimum Gasteiger partial charge on any atom is -0.461 e. The fraction of sp³-hybridized carbons (Fsp3) is 0.429. The highest BCUT2D eigenvalue weighted by Crippen LogP contribution is 1.97. The maximum atomic E-state index is 8.88. The number of aliphatic hydroxyl groups is 2. The summed E-state index contributed by atoms with van der Waals surface area (Å²) in [7, 11) is 0. The molecular formula is C7H9N2O3. The molecule has 1 atom stereocenters. The summed E-state index contributed by atoms with van der Waals surface area (Å²) >= 11 is 0. The molecule has 5 nitrogen and oxygen atoms in total. The molecule has 0 amide bonds. The minimum absolute atomic E-state index is 0.0134. The monoisotopic (exact) mass is 169 g/mol. The van der Waals surface area contributed by atoms with Gasteiger partial charge in [0.1, 0.15) is 12.7 Å². The van der Waals surface area contributed by atoms with Gasteiger partial charge in [0.15, 0.2) is 0 Å². The van der Waals surface area contributed by atoms with E-state index in [4.69, 9.17) is 14.9 Å². The Morgan fingerprint density at radius 2 is 2.17 bits per heavy atom. The second kappa shape index (κ2) is 4.63. The van der Waals surface area contributed by atoms with Crippen LogP contribution in [-0.4, -0.2) is 39.5 Å². The third-order valence-electron chi connectivity index (χ3n) is 1.11. The van der Waals surface area contributed by atoms with E-state index in [2.05, 4.69) is 16.0 Å². The molecule has 1 aromatic heterocycles. The molecule has 1 heterocycles. The molecule has 0 aliphatic carbocycles. The first-order valence-corrected chi connectivity index (χ1v) is 3.42. The van der Waals surface area contributed by atoms with Gasteiger partial charge in [-0.2, -0.15) is 0 Å². The van der Waals surface area contributed by atoms with Crippen molar-refractivity contribution in [1.82, 2.24) is 9.97 Å². The van der Waals surface area contributed by atoms with Gasteiger partial charge in [0.05, 0.1) is 6.61 Å². The molecule has 0 aliphatic heterocycles. The first kappa shape index (κ1) is 8.89. The normalized spacial score (nSPS) is 12.5. The van der Waals surface area contributed by atoms with E-state index < -0.39 is 6.10 Å². The number of aromatic nitrogens is 2. The van der Waals surface area contributed by atoms with Crippen LogP contribution in [0.3, 0.4) is 0 Å². The predicted octanol–water partition coefficient (Wildman–Crippen LogP) is -0.991. The number of hydrogen-bond donors (Lipinski definition) is 2. The molecule has 0 bridgehead atoms. The Labute approximate surface area is 69.7 Å². The van der Waals surface area contributed by atoms with Crippen molar-refractivity contribution in [3.63, 3.8) is 0 Å². The summed E-state index contributed by atoms with van der Waals surface area (Å²) < 4.78 is 4.91. The quantitative estimate of drug-likeness (QED) is 0.605. The van der Waals surface area contributed by atoms with Gasteiger partial charge in [0.25, 0.3) is 0 Å². The van der Waals surface area contributed by atoms with E-state index >= 15 is 0 Å². The van der Waals surface area contributed by atoms with Crippen LogP contribution in [-0.2, 0) is 0 Å². The molecule has 0 saturated heterocycles. The van der Waals surface area contributed by atoms with E-state index in [1.165, 1.54) is 12.4 Å². The summed E-state index contributed by atoms with van der Waals surface area (Å²) in [6.07, 6.45) is 1.93. The summed E-state index contributed by atoms with van der Waals surface area (Å²) in [5.74, 6) is 0. The first-order chi connectivity index (χ1) is 5.83. The summed E-state index contributed by atoms with van der Waals surface area (Å²) in [5, 5.41) is 17.3. The van der Waals surface area contributed by atoms with E-state index in [0.29, 0.717) is 0 Å². The van der Waals surface area contributed by atoms with Crippen LogP contribution >= 0.6 is 0 Å². The van der Waals surface area contributed by atoms with Crippen LogP contribution in [0.25, 0.3) is 0 Å². The maximum absolute atomic E-state index is 8.88. The number of hydrogen-bond acceptors (Lipinski definition) is 5. The molecule has 65 valence electrons. The van der Waals surface area contributed by atoms with Crippen molar-refractivity contribution in [3.8, 4) is 6.01 Å². The van der Waals surface area contributed by atoms with Gasteiger partial charge in [-0.15, -0.1) is 0 Å². The van der Waals surface area contributed by atoms with Crippen LogP contribution in [0.15, 0.2) is 12.4 Å². The number of aliphatic hydroxyl groups excluding tert-OH is 2. The zero-order chi connectivity index (χ0) is 8.81. The highest BCUT2D eigenvalue weighted by Gasteiger charge is 2.03. The molecule has 0 aliphatic rings. The van der Waals surface area contributed by atoms with Gasteiger partial charge in [-0.25, -0.2) is 9.97 Å². The second-order valence-corrected chi connectivity index (χ2v) is 2.11. The Hall–Kier alpha value is -1.20. The van der Waals surface area contributed by atoms with Crippen LogP contribution in [0, 0.1) is 6.07 Å². The van der Waals surface area contributed by atoms with Gasteiger partial charge in [0, 0.05) is 18.5 Å². The summed E-state index contributed by atoms with van der Waals surface area (Å²) in [6.45, 7) is -0.348. The van der Waals surface area contributed by atoms with Crippen LogP contribution in [0.4, 0.5) is 0 Å². The molecule has 5 heteroatoms. The van der Waals surface area contributed by atoms with Gasteiger partial charge in [-0.05, 0) is 0 Å². The SMILES string of the molecule is OC[C@@H](O)COc1nc[c]cn1. The maximum Gasteiger partial charge on any atom is 0.316 e. The lowest BCUT2D eigenvalue weighted by Crippen LogP contribution is -2.21. The third kappa shape index (κ3) is 2.81. The van der Waals surface area contributed by atoms with Gasteiger partial charge in [0.2, 0.25) is 0 Å². The third-order valence-corrected chi connectivity index (χ3v) is 1.11. The predicted molar refractivity (Wildman–Crippen MR) is 39.5 cm³/mol. The molecule has 0 saturated carbocycles. The lowest BCUT2D eigenvalue weighted by molar-refractivity contribution is 0.0504. The fourth-order valence-corrected chi connectivity index (χ4v) is 0.550. The van der Waals surface area contributed by atoms with Crippen molar-refractivity contribution in [3.05, 3.63) is 18.5 Å². The topological polar surface area (TPSA) is 75.5 Å². The van der Waals surface area contributed by atoms with Crippen molar-refractivity contribution < 1.29 is 14.9 Å². The van der Waals surface area contributed by atoms with E-state index in [0.717, 1.165) is 0 Å². The molecule has 0 unspecified atom stereocenters. The molecule has 1 aromatic rings. The number of ether oxygens (including phenoxy) is 1. The Morgan fingerprint density at radius 3 is 2.75 bits per heavy atom. The average Bonchev–Trinajstić information content (AvgIpc) is 2.16. The summed E-state index contributed by atoms with van der Waals surface area (Å²) in [6, 6.07) is 2.79. The lowest BCUT2D eigenvalue weighted by atomic mass is 10.4. The number of rotatable bonds is 4. The lowest BCUT2D eigenvalue weighted by Gasteiger charge is -2.06. The van der Waals surface area contributed by atoms with Gasteiger partial charge in [-0.3, -0.25) is 0 Å². The number of nitrogens with zero attached hydrogens (tertiary/aromatic N) is 2. The Bertz CT molecular complexity index is 217. The zero-order valence-electron chi connectivity index (χ0n) is 6.34.